The lowest BCUT2D eigenvalue weighted by molar-refractivity contribution is -0.142. The predicted octanol–water partition coefficient (Wildman–Crippen LogP) is 1.05. The van der Waals surface area contributed by atoms with Gasteiger partial charge in [0.1, 0.15) is 6.04 Å². The van der Waals surface area contributed by atoms with Crippen LogP contribution in [0.1, 0.15) is 44.9 Å². The summed E-state index contributed by atoms with van der Waals surface area (Å²) in [5.74, 6) is -1.03. The summed E-state index contributed by atoms with van der Waals surface area (Å²) >= 11 is 0. The Bertz CT molecular complexity index is 415. The average molecular weight is 290 g/mol. The highest BCUT2D eigenvalue weighted by Crippen LogP contribution is 2.24. The Labute approximate surface area is 114 Å². The van der Waals surface area contributed by atoms with Gasteiger partial charge in [-0.05, 0) is 32.1 Å². The van der Waals surface area contributed by atoms with Crippen LogP contribution in [0.2, 0.25) is 0 Å². The van der Waals surface area contributed by atoms with Crippen LogP contribution in [-0.2, 0) is 15.0 Å². The minimum atomic E-state index is -3.62. The van der Waals surface area contributed by atoms with Crippen LogP contribution in [0.3, 0.4) is 0 Å². The fourth-order valence-electron chi connectivity index (χ4n) is 2.85. The van der Waals surface area contributed by atoms with Crippen molar-refractivity contribution in [1.82, 2.24) is 8.61 Å². The van der Waals surface area contributed by atoms with Gasteiger partial charge in [0.25, 0.3) is 10.2 Å². The number of carboxylic acids is 1. The first kappa shape index (κ1) is 14.7. The highest BCUT2D eigenvalue weighted by atomic mass is 32.2. The van der Waals surface area contributed by atoms with Crippen LogP contribution in [0.15, 0.2) is 0 Å². The Morgan fingerprint density at radius 2 is 1.53 bits per heavy atom. The van der Waals surface area contributed by atoms with Crippen molar-refractivity contribution in [2.45, 2.75) is 51.0 Å². The second-order valence-corrected chi connectivity index (χ2v) is 7.16. The lowest BCUT2D eigenvalue weighted by Gasteiger charge is -2.35. The first-order valence-electron chi connectivity index (χ1n) is 7.03. The zero-order valence-corrected chi connectivity index (χ0v) is 11.9. The topological polar surface area (TPSA) is 77.9 Å². The zero-order chi connectivity index (χ0) is 13.9. The normalized spacial score (nSPS) is 27.9. The number of rotatable bonds is 3. The maximum Gasteiger partial charge on any atom is 0.322 e. The van der Waals surface area contributed by atoms with E-state index in [-0.39, 0.29) is 0 Å². The fourth-order valence-corrected chi connectivity index (χ4v) is 4.74. The molecule has 0 radical (unpaired) electrons. The molecule has 0 aromatic carbocycles. The van der Waals surface area contributed by atoms with Crippen molar-refractivity contribution in [3.8, 4) is 0 Å². The summed E-state index contributed by atoms with van der Waals surface area (Å²) < 4.78 is 27.9. The van der Waals surface area contributed by atoms with Crippen LogP contribution < -0.4 is 0 Å². The van der Waals surface area contributed by atoms with Gasteiger partial charge >= 0.3 is 5.97 Å². The number of hydrogen-bond acceptors (Lipinski definition) is 3. The number of piperidine rings is 1. The molecule has 0 spiro atoms. The van der Waals surface area contributed by atoms with E-state index in [1.54, 1.807) is 0 Å². The fraction of sp³-hybridized carbons (Fsp3) is 0.917. The second kappa shape index (κ2) is 6.19. The molecular formula is C12H22N2O4S. The van der Waals surface area contributed by atoms with Gasteiger partial charge in [-0.25, -0.2) is 0 Å². The van der Waals surface area contributed by atoms with Crippen LogP contribution >= 0.6 is 0 Å². The van der Waals surface area contributed by atoms with Gasteiger partial charge in [0, 0.05) is 19.6 Å². The van der Waals surface area contributed by atoms with Gasteiger partial charge in [0.05, 0.1) is 0 Å². The van der Waals surface area contributed by atoms with Crippen LogP contribution in [0.25, 0.3) is 0 Å². The summed E-state index contributed by atoms with van der Waals surface area (Å²) in [6.07, 6.45) is 5.78. The lowest BCUT2D eigenvalue weighted by atomic mass is 10.1. The maximum absolute atomic E-state index is 12.6. The molecule has 0 amide bonds. The molecular weight excluding hydrogens is 268 g/mol. The largest absolute Gasteiger partial charge is 0.480 e. The molecule has 6 nitrogen and oxygen atoms in total. The Morgan fingerprint density at radius 1 is 0.947 bits per heavy atom. The van der Waals surface area contributed by atoms with Crippen LogP contribution in [0.5, 0.6) is 0 Å². The minimum Gasteiger partial charge on any atom is -0.480 e. The van der Waals surface area contributed by atoms with Crippen molar-refractivity contribution in [1.29, 1.82) is 0 Å². The van der Waals surface area contributed by atoms with E-state index in [0.29, 0.717) is 26.1 Å². The van der Waals surface area contributed by atoms with Gasteiger partial charge in [-0.2, -0.15) is 17.0 Å². The highest BCUT2D eigenvalue weighted by Gasteiger charge is 2.39. The first-order valence-corrected chi connectivity index (χ1v) is 8.43. The Morgan fingerprint density at radius 3 is 2.11 bits per heavy atom. The molecule has 2 aliphatic heterocycles. The first-order chi connectivity index (χ1) is 9.03. The van der Waals surface area contributed by atoms with Gasteiger partial charge in [0.2, 0.25) is 0 Å². The van der Waals surface area contributed by atoms with Gasteiger partial charge in [0.15, 0.2) is 0 Å². The van der Waals surface area contributed by atoms with Crippen LogP contribution in [0.4, 0.5) is 0 Å². The van der Waals surface area contributed by atoms with E-state index in [9.17, 15) is 18.3 Å². The molecule has 1 atom stereocenters. The summed E-state index contributed by atoms with van der Waals surface area (Å²) in [6.45, 7) is 1.37. The summed E-state index contributed by atoms with van der Waals surface area (Å²) in [6, 6.07) is -0.887. The van der Waals surface area contributed by atoms with E-state index in [1.807, 2.05) is 0 Å². The summed E-state index contributed by atoms with van der Waals surface area (Å²) in [4.78, 5) is 11.2. The third-order valence-corrected chi connectivity index (χ3v) is 5.97. The summed E-state index contributed by atoms with van der Waals surface area (Å²) in [7, 11) is -3.62. The molecule has 2 heterocycles. The Hall–Kier alpha value is -0.660. The Kier molecular flexibility index (Phi) is 4.81. The third kappa shape index (κ3) is 3.27. The quantitative estimate of drug-likeness (QED) is 0.842. The molecule has 2 saturated heterocycles. The average Bonchev–Trinajstić information content (AvgIpc) is 2.68. The number of nitrogens with zero attached hydrogens (tertiary/aromatic N) is 2. The van der Waals surface area contributed by atoms with Gasteiger partial charge < -0.3 is 5.11 Å². The smallest absolute Gasteiger partial charge is 0.322 e. The molecule has 0 bridgehead atoms. The second-order valence-electron chi connectivity index (χ2n) is 5.28. The number of aliphatic carboxylic acids is 1. The number of carboxylic acid groups (broad SMARTS) is 1. The van der Waals surface area contributed by atoms with Crippen molar-refractivity contribution in [2.24, 2.45) is 0 Å². The highest BCUT2D eigenvalue weighted by molar-refractivity contribution is 7.86. The van der Waals surface area contributed by atoms with E-state index < -0.39 is 22.2 Å². The van der Waals surface area contributed by atoms with E-state index in [2.05, 4.69) is 0 Å². The van der Waals surface area contributed by atoms with E-state index >= 15 is 0 Å². The van der Waals surface area contributed by atoms with Crippen molar-refractivity contribution >= 4 is 16.2 Å². The van der Waals surface area contributed by atoms with Gasteiger partial charge in [-0.3, -0.25) is 4.79 Å². The maximum atomic E-state index is 12.6. The standard InChI is InChI=1S/C12H22N2O4S/c15-12(16)11-7-3-6-10-14(11)19(17,18)13-8-4-1-2-5-9-13/h11H,1-10H2,(H,15,16)/t11-/m0/s1. The van der Waals surface area contributed by atoms with E-state index in [1.165, 1.54) is 8.61 Å². The molecule has 0 saturated carbocycles. The van der Waals surface area contributed by atoms with E-state index in [4.69, 9.17) is 0 Å². The number of hydrogen-bond donors (Lipinski definition) is 1. The summed E-state index contributed by atoms with van der Waals surface area (Å²) in [5, 5.41) is 9.20. The minimum absolute atomic E-state index is 0.329. The van der Waals surface area contributed by atoms with Crippen molar-refractivity contribution in [2.75, 3.05) is 19.6 Å². The molecule has 2 aliphatic rings. The SMILES string of the molecule is O=C(O)[C@@H]1CCCCN1S(=O)(=O)N1CCCCCC1. The molecule has 110 valence electrons. The zero-order valence-electron chi connectivity index (χ0n) is 11.1. The van der Waals surface area contributed by atoms with Crippen molar-refractivity contribution < 1.29 is 18.3 Å². The predicted molar refractivity (Wildman–Crippen MR) is 70.9 cm³/mol. The third-order valence-electron chi connectivity index (χ3n) is 3.93. The van der Waals surface area contributed by atoms with E-state index in [0.717, 1.165) is 38.5 Å². The monoisotopic (exact) mass is 290 g/mol. The van der Waals surface area contributed by atoms with Crippen LogP contribution in [0, 0.1) is 0 Å². The van der Waals surface area contributed by atoms with Crippen LogP contribution in [-0.4, -0.2) is 53.8 Å². The lowest BCUT2D eigenvalue weighted by Crippen LogP contribution is -2.53. The van der Waals surface area contributed by atoms with Gasteiger partial charge in [-0.15, -0.1) is 0 Å². The molecule has 0 aliphatic carbocycles. The molecule has 1 N–H and O–H groups in total. The molecule has 0 unspecified atom stereocenters. The van der Waals surface area contributed by atoms with Gasteiger partial charge in [-0.1, -0.05) is 12.8 Å². The molecule has 2 fully saturated rings. The Balaban J connectivity index is 2.18. The van der Waals surface area contributed by atoms with Crippen molar-refractivity contribution in [3.05, 3.63) is 0 Å². The molecule has 0 aromatic heterocycles. The molecule has 19 heavy (non-hydrogen) atoms. The number of carbonyl (C=O) groups is 1. The molecule has 2 rings (SSSR count). The van der Waals surface area contributed by atoms with Crippen molar-refractivity contribution in [3.63, 3.8) is 0 Å². The summed E-state index contributed by atoms with van der Waals surface area (Å²) in [5.41, 5.74) is 0. The molecule has 0 aromatic rings. The molecule has 7 heteroatoms.